The molecule has 0 bridgehead atoms. The van der Waals surface area contributed by atoms with Crippen LogP contribution in [0.15, 0.2) is 23.3 Å². The average Bonchev–Trinajstić information content (AvgIpc) is 2.80. The summed E-state index contributed by atoms with van der Waals surface area (Å²) in [6.07, 6.45) is 8.73. The first kappa shape index (κ1) is 23.3. The minimum absolute atomic E-state index is 0.103. The topological polar surface area (TPSA) is 98.9 Å². The summed E-state index contributed by atoms with van der Waals surface area (Å²) in [7, 11) is 1.80. The Kier molecular flexibility index (Phi) is 8.94. The lowest BCUT2D eigenvalue weighted by Gasteiger charge is -2.33. The van der Waals surface area contributed by atoms with Crippen molar-refractivity contribution in [2.24, 2.45) is 16.6 Å². The highest BCUT2D eigenvalue weighted by molar-refractivity contribution is 5.80. The van der Waals surface area contributed by atoms with E-state index >= 15 is 0 Å². The number of rotatable bonds is 8. The molecule has 172 valence electrons. The molecule has 8 nitrogen and oxygen atoms in total. The van der Waals surface area contributed by atoms with Crippen molar-refractivity contribution in [2.75, 3.05) is 44.7 Å². The highest BCUT2D eigenvalue weighted by Gasteiger charge is 2.26. The van der Waals surface area contributed by atoms with Crippen LogP contribution in [-0.2, 0) is 11.3 Å². The monoisotopic (exact) mass is 429 g/mol. The molecule has 2 saturated heterocycles. The van der Waals surface area contributed by atoms with Crippen LogP contribution in [0.2, 0.25) is 0 Å². The zero-order chi connectivity index (χ0) is 22.1. The molecule has 1 aromatic rings. The summed E-state index contributed by atoms with van der Waals surface area (Å²) >= 11 is 0. The molecule has 8 heteroatoms. The molecule has 31 heavy (non-hydrogen) atoms. The second-order valence-electron chi connectivity index (χ2n) is 8.76. The molecule has 3 heterocycles. The molecule has 1 aromatic heterocycles. The fourth-order valence-electron chi connectivity index (χ4n) is 4.63. The van der Waals surface area contributed by atoms with Gasteiger partial charge in [0.05, 0.1) is 5.92 Å². The van der Waals surface area contributed by atoms with Gasteiger partial charge in [-0.15, -0.1) is 0 Å². The number of hydrogen-bond acceptors (Lipinski definition) is 5. The van der Waals surface area contributed by atoms with Gasteiger partial charge in [0.2, 0.25) is 5.91 Å². The Morgan fingerprint density at radius 1 is 1.26 bits per heavy atom. The van der Waals surface area contributed by atoms with E-state index in [1.807, 2.05) is 6.07 Å². The van der Waals surface area contributed by atoms with E-state index in [2.05, 4.69) is 43.4 Å². The second kappa shape index (κ2) is 11.9. The molecular weight excluding hydrogens is 390 g/mol. The van der Waals surface area contributed by atoms with Gasteiger partial charge in [0, 0.05) is 57.6 Å². The first-order chi connectivity index (χ1) is 15.1. The third-order valence-corrected chi connectivity index (χ3v) is 6.52. The maximum Gasteiger partial charge on any atom is 0.222 e. The van der Waals surface area contributed by atoms with Gasteiger partial charge in [0.15, 0.2) is 5.96 Å². The molecule has 0 radical (unpaired) electrons. The van der Waals surface area contributed by atoms with Gasteiger partial charge in [-0.05, 0) is 51.6 Å². The summed E-state index contributed by atoms with van der Waals surface area (Å²) in [6.45, 7) is 7.77. The van der Waals surface area contributed by atoms with Crippen molar-refractivity contribution in [1.82, 2.24) is 20.5 Å². The van der Waals surface area contributed by atoms with Crippen LogP contribution in [0.1, 0.15) is 51.0 Å². The van der Waals surface area contributed by atoms with Gasteiger partial charge in [0.1, 0.15) is 5.82 Å². The van der Waals surface area contributed by atoms with Crippen molar-refractivity contribution < 1.29 is 4.79 Å². The number of nitrogens with one attached hydrogen (secondary N) is 2. The highest BCUT2D eigenvalue weighted by atomic mass is 16.1. The van der Waals surface area contributed by atoms with Crippen molar-refractivity contribution in [1.29, 1.82) is 0 Å². The minimum atomic E-state index is -0.219. The van der Waals surface area contributed by atoms with Gasteiger partial charge in [-0.1, -0.05) is 12.5 Å². The normalized spacial score (nSPS) is 22.9. The van der Waals surface area contributed by atoms with Crippen LogP contribution >= 0.6 is 0 Å². The third kappa shape index (κ3) is 6.82. The molecule has 2 unspecified atom stereocenters. The number of nitrogens with two attached hydrogens (primary N) is 1. The molecule has 0 aromatic carbocycles. The Balaban J connectivity index is 1.48. The molecule has 2 aliphatic rings. The molecule has 3 rings (SSSR count). The Morgan fingerprint density at radius 3 is 2.90 bits per heavy atom. The lowest BCUT2D eigenvalue weighted by molar-refractivity contribution is -0.122. The van der Waals surface area contributed by atoms with Crippen molar-refractivity contribution >= 4 is 17.7 Å². The van der Waals surface area contributed by atoms with Gasteiger partial charge >= 0.3 is 0 Å². The van der Waals surface area contributed by atoms with E-state index in [4.69, 9.17) is 5.73 Å². The standard InChI is InChI=1S/C23H39N7O/c1-18-8-3-4-13-29(18)15-7-12-27-23(25-2)28-16-19-9-5-11-26-22(19)30-14-6-10-20(17-30)21(24)31/h5,9,11,18,20H,3-4,6-8,10,12-17H2,1-2H3,(H2,24,31)(H2,25,27,28). The van der Waals surface area contributed by atoms with E-state index in [0.29, 0.717) is 19.1 Å². The average molecular weight is 430 g/mol. The molecule has 4 N–H and O–H groups in total. The second-order valence-corrected chi connectivity index (χ2v) is 8.76. The number of guanidine groups is 1. The maximum atomic E-state index is 11.6. The number of nitrogens with zero attached hydrogens (tertiary/aromatic N) is 4. The van der Waals surface area contributed by atoms with Crippen LogP contribution < -0.4 is 21.3 Å². The van der Waals surface area contributed by atoms with Crippen LogP contribution in [0.25, 0.3) is 0 Å². The zero-order valence-electron chi connectivity index (χ0n) is 19.1. The van der Waals surface area contributed by atoms with E-state index < -0.39 is 0 Å². The predicted octanol–water partition coefficient (Wildman–Crippen LogP) is 1.71. The van der Waals surface area contributed by atoms with E-state index in [1.54, 1.807) is 13.2 Å². The third-order valence-electron chi connectivity index (χ3n) is 6.52. The first-order valence-corrected chi connectivity index (χ1v) is 11.7. The molecule has 2 fully saturated rings. The van der Waals surface area contributed by atoms with Gasteiger partial charge in [-0.2, -0.15) is 0 Å². The molecule has 2 atom stereocenters. The van der Waals surface area contributed by atoms with Gasteiger partial charge in [0.25, 0.3) is 0 Å². The number of likely N-dealkylation sites (tertiary alicyclic amines) is 1. The summed E-state index contributed by atoms with van der Waals surface area (Å²) in [5, 5.41) is 6.85. The molecule has 1 amide bonds. The summed E-state index contributed by atoms with van der Waals surface area (Å²) in [5.41, 5.74) is 6.64. The summed E-state index contributed by atoms with van der Waals surface area (Å²) in [4.78, 5) is 25.4. The number of aliphatic imine (C=N–C) groups is 1. The number of amides is 1. The molecule has 0 aliphatic carbocycles. The fraction of sp³-hybridized carbons (Fsp3) is 0.696. The lowest BCUT2D eigenvalue weighted by Crippen LogP contribution is -2.43. The number of aromatic nitrogens is 1. The number of carbonyl (C=O) groups is 1. The summed E-state index contributed by atoms with van der Waals surface area (Å²) in [6, 6.07) is 4.74. The Hall–Kier alpha value is -2.35. The quantitative estimate of drug-likeness (QED) is 0.331. The Bertz CT molecular complexity index is 738. The number of hydrogen-bond donors (Lipinski definition) is 3. The number of pyridine rings is 1. The van der Waals surface area contributed by atoms with Gasteiger partial charge < -0.3 is 26.2 Å². The van der Waals surface area contributed by atoms with Crippen LogP contribution in [0.5, 0.6) is 0 Å². The number of carbonyl (C=O) groups excluding carboxylic acids is 1. The van der Waals surface area contributed by atoms with E-state index in [0.717, 1.165) is 56.2 Å². The number of piperidine rings is 2. The van der Waals surface area contributed by atoms with Gasteiger partial charge in [-0.3, -0.25) is 9.79 Å². The zero-order valence-corrected chi connectivity index (χ0v) is 19.1. The van der Waals surface area contributed by atoms with Crippen LogP contribution in [0.4, 0.5) is 5.82 Å². The Morgan fingerprint density at radius 2 is 2.13 bits per heavy atom. The molecular formula is C23H39N7O. The Labute approximate surface area is 186 Å². The predicted molar refractivity (Wildman–Crippen MR) is 126 cm³/mol. The minimum Gasteiger partial charge on any atom is -0.369 e. The van der Waals surface area contributed by atoms with Crippen LogP contribution in [0, 0.1) is 5.92 Å². The number of anilines is 1. The van der Waals surface area contributed by atoms with E-state index in [-0.39, 0.29) is 11.8 Å². The lowest BCUT2D eigenvalue weighted by atomic mass is 9.97. The SMILES string of the molecule is CN=C(NCCCN1CCCCC1C)NCc1cccnc1N1CCCC(C(N)=O)C1. The van der Waals surface area contributed by atoms with Crippen LogP contribution in [-0.4, -0.2) is 67.6 Å². The van der Waals surface area contributed by atoms with Gasteiger partial charge in [-0.25, -0.2) is 4.98 Å². The largest absolute Gasteiger partial charge is 0.369 e. The van der Waals surface area contributed by atoms with Crippen molar-refractivity contribution in [2.45, 2.75) is 58.0 Å². The molecule has 2 aliphatic heterocycles. The van der Waals surface area contributed by atoms with E-state index in [1.165, 1.54) is 25.8 Å². The maximum absolute atomic E-state index is 11.6. The molecule has 0 spiro atoms. The van der Waals surface area contributed by atoms with Crippen molar-refractivity contribution in [3.05, 3.63) is 23.9 Å². The van der Waals surface area contributed by atoms with Crippen molar-refractivity contribution in [3.63, 3.8) is 0 Å². The number of primary amides is 1. The first-order valence-electron chi connectivity index (χ1n) is 11.7. The van der Waals surface area contributed by atoms with Crippen molar-refractivity contribution in [3.8, 4) is 0 Å². The smallest absolute Gasteiger partial charge is 0.222 e. The highest BCUT2D eigenvalue weighted by Crippen LogP contribution is 2.24. The summed E-state index contributed by atoms with van der Waals surface area (Å²) < 4.78 is 0. The summed E-state index contributed by atoms with van der Waals surface area (Å²) in [5.74, 6) is 1.41. The van der Waals surface area contributed by atoms with Crippen LogP contribution in [0.3, 0.4) is 0 Å². The fourth-order valence-corrected chi connectivity index (χ4v) is 4.63. The molecule has 0 saturated carbocycles. The van der Waals surface area contributed by atoms with E-state index in [9.17, 15) is 4.79 Å².